The molecule has 0 unspecified atom stereocenters. The largest absolute Gasteiger partial charge is 0.439 e. The van der Waals surface area contributed by atoms with Crippen molar-refractivity contribution in [3.05, 3.63) is 87.4 Å². The number of halogens is 4. The van der Waals surface area contributed by atoms with Crippen LogP contribution in [-0.2, 0) is 22.6 Å². The Morgan fingerprint density at radius 2 is 1.71 bits per heavy atom. The minimum atomic E-state index is -4.42. The van der Waals surface area contributed by atoms with Gasteiger partial charge in [0.15, 0.2) is 5.82 Å². The number of anilines is 1. The van der Waals surface area contributed by atoms with Crippen LogP contribution in [0.15, 0.2) is 74.9 Å². The van der Waals surface area contributed by atoms with Crippen LogP contribution in [0, 0.1) is 0 Å². The van der Waals surface area contributed by atoms with Gasteiger partial charge in [0.25, 0.3) is 10.0 Å². The van der Waals surface area contributed by atoms with Crippen molar-refractivity contribution in [2.75, 3.05) is 10.8 Å². The lowest BCUT2D eigenvalue weighted by molar-refractivity contribution is -0.137. The van der Waals surface area contributed by atoms with E-state index in [-0.39, 0.29) is 22.3 Å². The van der Waals surface area contributed by atoms with Gasteiger partial charge in [-0.2, -0.15) is 13.2 Å². The van der Waals surface area contributed by atoms with Gasteiger partial charge in [0, 0.05) is 12.1 Å². The number of nitrogens with zero attached hydrogens (tertiary/aromatic N) is 2. The Labute approximate surface area is 201 Å². The topological polar surface area (TPSA) is 96.3 Å². The number of benzene rings is 3. The molecule has 4 aromatic rings. The van der Waals surface area contributed by atoms with E-state index in [9.17, 15) is 26.4 Å². The van der Waals surface area contributed by atoms with E-state index >= 15 is 0 Å². The third-order valence-corrected chi connectivity index (χ3v) is 7.82. The highest BCUT2D eigenvalue weighted by Crippen LogP contribution is 2.38. The lowest BCUT2D eigenvalue weighted by atomic mass is 10.0. The molecule has 1 aliphatic heterocycles. The fourth-order valence-corrected chi connectivity index (χ4v) is 5.84. The molecule has 7 nitrogen and oxygen atoms in total. The van der Waals surface area contributed by atoms with Crippen LogP contribution in [0.1, 0.15) is 11.1 Å². The highest BCUT2D eigenvalue weighted by atomic mass is 35.5. The Morgan fingerprint density at radius 1 is 1.00 bits per heavy atom. The van der Waals surface area contributed by atoms with Crippen LogP contribution in [0.3, 0.4) is 0 Å². The van der Waals surface area contributed by atoms with Crippen molar-refractivity contribution in [1.29, 1.82) is 0 Å². The van der Waals surface area contributed by atoms with Crippen molar-refractivity contribution in [1.82, 2.24) is 10.1 Å². The van der Waals surface area contributed by atoms with E-state index < -0.39 is 27.5 Å². The predicted molar refractivity (Wildman–Crippen MR) is 123 cm³/mol. The lowest BCUT2D eigenvalue weighted by Gasteiger charge is -2.20. The quantitative estimate of drug-likeness (QED) is 0.402. The number of H-pyrrole nitrogens is 1. The van der Waals surface area contributed by atoms with Gasteiger partial charge in [-0.05, 0) is 65.6 Å². The van der Waals surface area contributed by atoms with Gasteiger partial charge in [-0.3, -0.25) is 13.8 Å². The number of hydrogen-bond donors (Lipinski definition) is 1. The van der Waals surface area contributed by atoms with Gasteiger partial charge in [-0.1, -0.05) is 35.0 Å². The Balaban J connectivity index is 1.44. The number of fused-ring (bicyclic) bond motifs is 1. The Morgan fingerprint density at radius 3 is 2.34 bits per heavy atom. The molecule has 2 heterocycles. The van der Waals surface area contributed by atoms with E-state index in [1.165, 1.54) is 34.6 Å². The molecule has 35 heavy (non-hydrogen) atoms. The molecule has 0 radical (unpaired) electrons. The van der Waals surface area contributed by atoms with E-state index in [1.807, 2.05) is 0 Å². The number of aromatic nitrogens is 2. The summed E-state index contributed by atoms with van der Waals surface area (Å²) in [4.78, 5) is 13.5. The summed E-state index contributed by atoms with van der Waals surface area (Å²) in [6.07, 6.45) is -3.98. The summed E-state index contributed by atoms with van der Waals surface area (Å²) >= 11 is 6.26. The summed E-state index contributed by atoms with van der Waals surface area (Å²) in [5.74, 6) is -0.691. The molecule has 1 aromatic heterocycles. The first-order chi connectivity index (χ1) is 16.5. The molecule has 1 N–H and O–H groups in total. The van der Waals surface area contributed by atoms with Crippen LogP contribution in [0.25, 0.3) is 22.5 Å². The third kappa shape index (κ3) is 4.21. The highest BCUT2D eigenvalue weighted by molar-refractivity contribution is 7.92. The van der Waals surface area contributed by atoms with E-state index in [0.29, 0.717) is 28.8 Å². The summed E-state index contributed by atoms with van der Waals surface area (Å²) in [6.45, 7) is 0.199. The van der Waals surface area contributed by atoms with Crippen molar-refractivity contribution < 1.29 is 26.1 Å². The molecule has 0 aliphatic carbocycles. The van der Waals surface area contributed by atoms with Crippen molar-refractivity contribution in [2.45, 2.75) is 17.5 Å². The first-order valence-electron chi connectivity index (χ1n) is 10.2. The SMILES string of the molecule is O=c1[nH]c(-c2ccc(S(=O)(=O)N3CCc4cc(-c5ccc(C(F)(F)F)cc5)ccc43)cc2Cl)no1. The van der Waals surface area contributed by atoms with E-state index in [0.717, 1.165) is 17.7 Å². The monoisotopic (exact) mass is 521 g/mol. The van der Waals surface area contributed by atoms with E-state index in [1.54, 1.807) is 18.2 Å². The second-order valence-electron chi connectivity index (χ2n) is 7.83. The number of nitrogens with one attached hydrogen (secondary N) is 1. The predicted octanol–water partition coefficient (Wildman–Crippen LogP) is 5.12. The molecule has 0 fully saturated rings. The average Bonchev–Trinajstić information content (AvgIpc) is 3.44. The minimum absolute atomic E-state index is 0.0447. The summed E-state index contributed by atoms with van der Waals surface area (Å²) in [5.41, 5.74) is 2.09. The number of sulfonamides is 1. The molecular formula is C23H15ClF3N3O4S. The molecular weight excluding hydrogens is 507 g/mol. The van der Waals surface area contributed by atoms with Gasteiger partial charge in [0.2, 0.25) is 0 Å². The molecule has 0 atom stereocenters. The highest BCUT2D eigenvalue weighted by Gasteiger charge is 2.32. The number of hydrogen-bond acceptors (Lipinski definition) is 5. The molecule has 0 bridgehead atoms. The van der Waals surface area contributed by atoms with Gasteiger partial charge in [0.05, 0.1) is 21.2 Å². The standard InChI is InChI=1S/C23H15ClF3N3O4S/c24-19-12-17(6-7-18(19)21-28-22(31)34-29-21)35(32,33)30-10-9-15-11-14(3-8-20(15)30)13-1-4-16(5-2-13)23(25,26)27/h1-8,11-12H,9-10H2,(H,28,29,31). The maximum Gasteiger partial charge on any atom is 0.439 e. The van der Waals surface area contributed by atoms with Gasteiger partial charge < -0.3 is 0 Å². The molecule has 12 heteroatoms. The normalized spacial score (nSPS) is 13.8. The lowest BCUT2D eigenvalue weighted by Crippen LogP contribution is -2.29. The van der Waals surface area contributed by atoms with Crippen molar-refractivity contribution in [3.8, 4) is 22.5 Å². The molecule has 1 aliphatic rings. The second-order valence-corrected chi connectivity index (χ2v) is 10.1. The second kappa shape index (κ2) is 8.28. The van der Waals surface area contributed by atoms with E-state index in [2.05, 4.69) is 14.7 Å². The number of alkyl halides is 3. The number of aromatic amines is 1. The molecule has 3 aromatic carbocycles. The van der Waals surface area contributed by atoms with Crippen LogP contribution >= 0.6 is 11.6 Å². The summed E-state index contributed by atoms with van der Waals surface area (Å²) in [6, 6.07) is 14.0. The maximum atomic E-state index is 13.4. The Hall–Kier alpha value is -3.57. The molecule has 180 valence electrons. The van der Waals surface area contributed by atoms with Gasteiger partial charge in [-0.25, -0.2) is 13.2 Å². The fourth-order valence-electron chi connectivity index (χ4n) is 3.97. The Kier molecular flexibility index (Phi) is 5.48. The first-order valence-corrected chi connectivity index (χ1v) is 12.0. The first kappa shape index (κ1) is 23.2. The van der Waals surface area contributed by atoms with Crippen LogP contribution < -0.4 is 10.1 Å². The molecule has 0 saturated heterocycles. The van der Waals surface area contributed by atoms with Gasteiger partial charge >= 0.3 is 11.9 Å². The molecule has 0 spiro atoms. The van der Waals surface area contributed by atoms with Crippen LogP contribution in [-0.4, -0.2) is 25.1 Å². The summed E-state index contributed by atoms with van der Waals surface area (Å²) < 4.78 is 71.0. The molecule has 5 rings (SSSR count). The van der Waals surface area contributed by atoms with Crippen LogP contribution in [0.4, 0.5) is 18.9 Å². The molecule has 0 amide bonds. The average molecular weight is 522 g/mol. The molecule has 0 saturated carbocycles. The minimum Gasteiger partial charge on any atom is -0.296 e. The van der Waals surface area contributed by atoms with Crippen molar-refractivity contribution in [3.63, 3.8) is 0 Å². The zero-order valence-electron chi connectivity index (χ0n) is 17.6. The van der Waals surface area contributed by atoms with Crippen LogP contribution in [0.5, 0.6) is 0 Å². The summed E-state index contributed by atoms with van der Waals surface area (Å²) in [5, 5.41) is 3.62. The number of rotatable bonds is 4. The van der Waals surface area contributed by atoms with Crippen molar-refractivity contribution in [2.24, 2.45) is 0 Å². The zero-order chi connectivity index (χ0) is 25.0. The van der Waals surface area contributed by atoms with Gasteiger partial charge in [0.1, 0.15) is 0 Å². The zero-order valence-corrected chi connectivity index (χ0v) is 19.2. The smallest absolute Gasteiger partial charge is 0.296 e. The summed E-state index contributed by atoms with van der Waals surface area (Å²) in [7, 11) is -3.96. The van der Waals surface area contributed by atoms with Crippen LogP contribution in [0.2, 0.25) is 5.02 Å². The van der Waals surface area contributed by atoms with Gasteiger partial charge in [-0.15, -0.1) is 0 Å². The van der Waals surface area contributed by atoms with Crippen molar-refractivity contribution >= 4 is 27.3 Å². The van der Waals surface area contributed by atoms with E-state index in [4.69, 9.17) is 11.6 Å². The fraction of sp³-hybridized carbons (Fsp3) is 0.130. The Bertz CT molecular complexity index is 1600. The maximum absolute atomic E-state index is 13.4. The third-order valence-electron chi connectivity index (χ3n) is 5.70.